The van der Waals surface area contributed by atoms with Crippen molar-refractivity contribution in [3.05, 3.63) is 29.8 Å². The topological polar surface area (TPSA) is 88.9 Å². The summed E-state index contributed by atoms with van der Waals surface area (Å²) < 4.78 is 34.0. The quantitative estimate of drug-likeness (QED) is 0.466. The van der Waals surface area contributed by atoms with Gasteiger partial charge in [-0.15, -0.1) is 12.5 Å². The van der Waals surface area contributed by atoms with Gasteiger partial charge in [-0.3, -0.25) is 0 Å². The zero-order chi connectivity index (χ0) is 10.8. The lowest BCUT2D eigenvalue weighted by atomic mass is 10.3. The maximum Gasteiger partial charge on any atom is 0.501 e. The number of nitrogens with zero attached hydrogens (tertiary/aromatic N) is 2. The van der Waals surface area contributed by atoms with Crippen molar-refractivity contribution < 1.29 is 21.8 Å². The maximum absolute atomic E-state index is 10.5. The molecule has 7 heteroatoms. The highest BCUT2D eigenvalue weighted by atomic mass is 32.2. The van der Waals surface area contributed by atoms with Gasteiger partial charge in [0.15, 0.2) is 0 Å². The second-order valence-electron chi connectivity index (χ2n) is 2.42. The molecule has 0 saturated heterocycles. The van der Waals surface area contributed by atoms with Crippen molar-refractivity contribution in [3.8, 4) is 5.75 Å². The van der Waals surface area contributed by atoms with Gasteiger partial charge in [-0.05, 0) is 12.1 Å². The average molecular weight is 216 g/mol. The maximum atomic E-state index is 10.5. The first-order chi connectivity index (χ1) is 6.45. The van der Waals surface area contributed by atoms with E-state index in [0.717, 1.165) is 0 Å². The van der Waals surface area contributed by atoms with E-state index < -0.39 is 10.3 Å². The Morgan fingerprint density at radius 3 is 2.21 bits per heavy atom. The van der Waals surface area contributed by atoms with Gasteiger partial charge in [0.2, 0.25) is 5.69 Å². The fraction of sp³-hybridized carbons (Fsp3) is 0.143. The summed E-state index contributed by atoms with van der Waals surface area (Å²) in [6.45, 7) is 0. The van der Waals surface area contributed by atoms with E-state index in [0.29, 0.717) is 5.75 Å². The Morgan fingerprint density at radius 2 is 1.86 bits per heavy atom. The van der Waals surface area contributed by atoms with Gasteiger partial charge in [-0.2, -0.15) is 0 Å². The fourth-order valence-corrected chi connectivity index (χ4v) is 1.23. The van der Waals surface area contributed by atoms with Gasteiger partial charge in [-0.25, -0.2) is 4.55 Å². The van der Waals surface area contributed by atoms with Crippen LogP contribution in [0.5, 0.6) is 5.75 Å². The summed E-state index contributed by atoms with van der Waals surface area (Å²) in [6, 6.07) is 5.46. The molecule has 0 saturated carbocycles. The van der Waals surface area contributed by atoms with E-state index in [1.807, 2.05) is 0 Å². The van der Waals surface area contributed by atoms with Crippen molar-refractivity contribution in [2.24, 2.45) is 0 Å². The van der Waals surface area contributed by atoms with Crippen LogP contribution in [0.4, 0.5) is 5.69 Å². The van der Waals surface area contributed by atoms with Gasteiger partial charge in [0.05, 0.1) is 7.11 Å². The Hall–Kier alpha value is -1.47. The van der Waals surface area contributed by atoms with Crippen LogP contribution in [0, 0.1) is 0 Å². The average Bonchev–Trinajstić information content (AvgIpc) is 2.15. The highest BCUT2D eigenvalue weighted by Gasteiger charge is 2.17. The minimum absolute atomic E-state index is 0.0756. The van der Waals surface area contributed by atoms with E-state index in [9.17, 15) is 8.42 Å². The molecule has 0 aliphatic carbocycles. The number of ether oxygens (including phenoxy) is 1. The molecular weight excluding hydrogens is 208 g/mol. The Morgan fingerprint density at radius 1 is 1.36 bits per heavy atom. The van der Waals surface area contributed by atoms with E-state index in [4.69, 9.17) is 14.8 Å². The molecule has 0 fully saturated rings. The van der Waals surface area contributed by atoms with E-state index >= 15 is 0 Å². The summed E-state index contributed by atoms with van der Waals surface area (Å²) in [4.78, 5) is 0. The van der Waals surface area contributed by atoms with E-state index in [-0.39, 0.29) is 9.79 Å². The summed E-state index contributed by atoms with van der Waals surface area (Å²) in [5.41, 5.74) is 8.90. The van der Waals surface area contributed by atoms with Crippen LogP contribution in [0.25, 0.3) is 5.53 Å². The largest absolute Gasteiger partial charge is 0.501 e. The fourth-order valence-electron chi connectivity index (χ4n) is 0.843. The molecule has 0 amide bonds. The van der Waals surface area contributed by atoms with Crippen molar-refractivity contribution in [3.63, 3.8) is 0 Å². The second kappa shape index (κ2) is 3.72. The van der Waals surface area contributed by atoms with Crippen LogP contribution < -0.4 is 4.74 Å². The molecule has 1 aromatic rings. The first-order valence-corrected chi connectivity index (χ1v) is 4.95. The van der Waals surface area contributed by atoms with Crippen LogP contribution in [-0.4, -0.2) is 24.2 Å². The Balaban J connectivity index is 3.05. The Bertz CT molecular complexity index is 437. The molecule has 0 aliphatic heterocycles. The van der Waals surface area contributed by atoms with Crippen molar-refractivity contribution in [1.29, 1.82) is 0 Å². The normalized spacial score (nSPS) is 11.0. The number of hydrogen-bond donors (Lipinski definition) is 1. The Kier molecular flexibility index (Phi) is 2.82. The molecule has 1 rings (SSSR count). The van der Waals surface area contributed by atoms with Crippen LogP contribution in [0.15, 0.2) is 24.3 Å². The molecule has 0 spiro atoms. The molecule has 0 unspecified atom stereocenters. The summed E-state index contributed by atoms with van der Waals surface area (Å²) in [6.07, 6.45) is 0. The number of methoxy groups -OCH3 is 1. The zero-order valence-corrected chi connectivity index (χ0v) is 8.10. The SMILES string of the molecule is COc1ccc([N+](=[N-])S(=O)(=O)O)cc1. The first kappa shape index (κ1) is 10.6. The third kappa shape index (κ3) is 2.27. The van der Waals surface area contributed by atoms with E-state index in [2.05, 4.69) is 0 Å². The minimum Gasteiger partial charge on any atom is -0.497 e. The van der Waals surface area contributed by atoms with Crippen molar-refractivity contribution in [2.75, 3.05) is 7.11 Å². The second-order valence-corrected chi connectivity index (χ2v) is 3.66. The summed E-state index contributed by atoms with van der Waals surface area (Å²) >= 11 is 0. The number of rotatable bonds is 3. The molecule has 0 aromatic heterocycles. The third-order valence-corrected chi connectivity index (χ3v) is 2.16. The first-order valence-electron chi connectivity index (χ1n) is 3.56. The molecule has 1 N–H and O–H groups in total. The predicted molar refractivity (Wildman–Crippen MR) is 47.8 cm³/mol. The highest BCUT2D eigenvalue weighted by Crippen LogP contribution is 2.18. The molecule has 76 valence electrons. The lowest BCUT2D eigenvalue weighted by molar-refractivity contribution is -0.298. The molecular formula is C7H8N2O4S. The Labute approximate surface area is 81.1 Å². The third-order valence-electron chi connectivity index (χ3n) is 1.51. The summed E-state index contributed by atoms with van der Waals surface area (Å²) in [5.74, 6) is 0.512. The van der Waals surface area contributed by atoms with Crippen LogP contribution in [0.3, 0.4) is 0 Å². The van der Waals surface area contributed by atoms with E-state index in [1.165, 1.54) is 31.4 Å². The van der Waals surface area contributed by atoms with Gasteiger partial charge in [0, 0.05) is 12.1 Å². The van der Waals surface area contributed by atoms with Gasteiger partial charge in [-0.1, -0.05) is 0 Å². The molecule has 6 nitrogen and oxygen atoms in total. The van der Waals surface area contributed by atoms with Crippen LogP contribution in [-0.2, 0) is 10.3 Å². The zero-order valence-electron chi connectivity index (χ0n) is 7.28. The highest BCUT2D eigenvalue weighted by molar-refractivity contribution is 7.79. The monoisotopic (exact) mass is 216 g/mol. The van der Waals surface area contributed by atoms with Crippen LogP contribution >= 0.6 is 0 Å². The van der Waals surface area contributed by atoms with Crippen LogP contribution in [0.2, 0.25) is 0 Å². The van der Waals surface area contributed by atoms with Crippen molar-refractivity contribution >= 4 is 16.0 Å². The molecule has 0 atom stereocenters. The van der Waals surface area contributed by atoms with Crippen LogP contribution in [0.1, 0.15) is 0 Å². The molecule has 14 heavy (non-hydrogen) atoms. The lowest BCUT2D eigenvalue weighted by Crippen LogP contribution is -2.10. The van der Waals surface area contributed by atoms with Gasteiger partial charge in [0.1, 0.15) is 5.75 Å². The minimum atomic E-state index is -4.63. The molecule has 0 radical (unpaired) electrons. The lowest BCUT2D eigenvalue weighted by Gasteiger charge is -2.02. The molecule has 0 bridgehead atoms. The predicted octanol–water partition coefficient (Wildman–Crippen LogP) is 1.16. The van der Waals surface area contributed by atoms with Crippen molar-refractivity contribution in [1.82, 2.24) is 0 Å². The van der Waals surface area contributed by atoms with E-state index in [1.54, 1.807) is 0 Å². The van der Waals surface area contributed by atoms with Gasteiger partial charge in [0.25, 0.3) is 0 Å². The molecule has 0 aliphatic rings. The smallest absolute Gasteiger partial charge is 0.497 e. The van der Waals surface area contributed by atoms with Gasteiger partial charge >= 0.3 is 10.3 Å². The summed E-state index contributed by atoms with van der Waals surface area (Å²) in [7, 11) is -3.17. The molecule has 0 heterocycles. The molecule has 1 aromatic carbocycles. The summed E-state index contributed by atoms with van der Waals surface area (Å²) in [5, 5.41) is 0. The standard InChI is InChI=1S/C7H8N2O4S/c1-13-7-4-2-6(3-5-7)9(8)14(10,11)12/h2-5H,1H3,(H,10,11,12). The van der Waals surface area contributed by atoms with Crippen molar-refractivity contribution in [2.45, 2.75) is 0 Å². The number of benzene rings is 1. The van der Waals surface area contributed by atoms with Gasteiger partial charge < -0.3 is 10.3 Å². The number of hydrogen-bond acceptors (Lipinski definition) is 3.